The first-order chi connectivity index (χ1) is 13.7. The predicted molar refractivity (Wildman–Crippen MR) is 111 cm³/mol. The SMILES string of the molecule is COc1ccccc1CCNC(=O)C[NH+]1CC[NH+](Cc2ccccc2C)CC1. The molecule has 5 nitrogen and oxygen atoms in total. The molecule has 0 aliphatic carbocycles. The molecule has 28 heavy (non-hydrogen) atoms. The molecule has 1 fully saturated rings. The fourth-order valence-electron chi connectivity index (χ4n) is 3.92. The number of carbonyl (C=O) groups excluding carboxylic acids is 1. The second-order valence-electron chi connectivity index (χ2n) is 7.69. The number of nitrogens with one attached hydrogen (secondary N) is 3. The van der Waals surface area contributed by atoms with E-state index in [-0.39, 0.29) is 5.91 Å². The summed E-state index contributed by atoms with van der Waals surface area (Å²) in [5.41, 5.74) is 3.94. The maximum Gasteiger partial charge on any atom is 0.275 e. The van der Waals surface area contributed by atoms with Gasteiger partial charge < -0.3 is 19.9 Å². The molecule has 1 aliphatic rings. The Morgan fingerprint density at radius 1 is 0.964 bits per heavy atom. The summed E-state index contributed by atoms with van der Waals surface area (Å²) in [6.45, 7) is 8.86. The topological polar surface area (TPSA) is 47.2 Å². The van der Waals surface area contributed by atoms with E-state index in [1.807, 2.05) is 24.3 Å². The highest BCUT2D eigenvalue weighted by Crippen LogP contribution is 2.17. The van der Waals surface area contributed by atoms with Crippen molar-refractivity contribution in [3.8, 4) is 5.75 Å². The highest BCUT2D eigenvalue weighted by atomic mass is 16.5. The molecule has 0 atom stereocenters. The minimum atomic E-state index is 0.146. The molecule has 0 radical (unpaired) electrons. The monoisotopic (exact) mass is 383 g/mol. The van der Waals surface area contributed by atoms with Crippen molar-refractivity contribution in [2.75, 3.05) is 46.4 Å². The number of amides is 1. The summed E-state index contributed by atoms with van der Waals surface area (Å²) < 4.78 is 5.37. The van der Waals surface area contributed by atoms with Gasteiger partial charge in [-0.2, -0.15) is 0 Å². The molecule has 0 aromatic heterocycles. The van der Waals surface area contributed by atoms with E-state index in [9.17, 15) is 4.79 Å². The number of benzene rings is 2. The Hall–Kier alpha value is -2.37. The average Bonchev–Trinajstić information content (AvgIpc) is 2.71. The number of quaternary nitrogens is 2. The van der Waals surface area contributed by atoms with Gasteiger partial charge in [0.2, 0.25) is 0 Å². The molecule has 0 spiro atoms. The minimum Gasteiger partial charge on any atom is -0.496 e. The van der Waals surface area contributed by atoms with Gasteiger partial charge in [-0.3, -0.25) is 4.79 Å². The maximum atomic E-state index is 12.3. The summed E-state index contributed by atoms with van der Waals surface area (Å²) in [5, 5.41) is 3.07. The lowest BCUT2D eigenvalue weighted by atomic mass is 10.1. The average molecular weight is 384 g/mol. The molecule has 5 heteroatoms. The molecule has 0 unspecified atom stereocenters. The summed E-state index contributed by atoms with van der Waals surface area (Å²) in [7, 11) is 1.68. The van der Waals surface area contributed by atoms with Gasteiger partial charge in [0, 0.05) is 12.1 Å². The first kappa shape index (κ1) is 20.4. The Bertz CT molecular complexity index is 770. The standard InChI is InChI=1S/C23H31N3O2/c1-19-7-3-4-9-21(19)17-25-13-15-26(16-14-25)18-23(27)24-12-11-20-8-5-6-10-22(20)28-2/h3-10H,11-18H2,1-2H3,(H,24,27)/p+2. The third-order valence-corrected chi connectivity index (χ3v) is 5.69. The number of hydrogen-bond acceptors (Lipinski definition) is 2. The van der Waals surface area contributed by atoms with Crippen molar-refractivity contribution in [1.82, 2.24) is 5.32 Å². The zero-order valence-corrected chi connectivity index (χ0v) is 17.1. The first-order valence-corrected chi connectivity index (χ1v) is 10.3. The maximum absolute atomic E-state index is 12.3. The van der Waals surface area contributed by atoms with Crippen LogP contribution in [0, 0.1) is 6.92 Å². The van der Waals surface area contributed by atoms with Gasteiger partial charge >= 0.3 is 0 Å². The number of ether oxygens (including phenoxy) is 1. The molecule has 2 aromatic rings. The molecule has 150 valence electrons. The van der Waals surface area contributed by atoms with Crippen LogP contribution in [0.3, 0.4) is 0 Å². The van der Waals surface area contributed by atoms with Crippen LogP contribution < -0.4 is 19.9 Å². The highest BCUT2D eigenvalue weighted by molar-refractivity contribution is 5.76. The van der Waals surface area contributed by atoms with Crippen LogP contribution in [-0.4, -0.2) is 52.3 Å². The van der Waals surface area contributed by atoms with Crippen LogP contribution in [0.1, 0.15) is 16.7 Å². The Labute approximate surface area is 168 Å². The van der Waals surface area contributed by atoms with Gasteiger partial charge in [-0.1, -0.05) is 42.5 Å². The fraction of sp³-hybridized carbons (Fsp3) is 0.435. The minimum absolute atomic E-state index is 0.146. The van der Waals surface area contributed by atoms with Crippen molar-refractivity contribution < 1.29 is 19.3 Å². The van der Waals surface area contributed by atoms with Crippen LogP contribution >= 0.6 is 0 Å². The molecule has 0 bridgehead atoms. The van der Waals surface area contributed by atoms with Crippen molar-refractivity contribution in [1.29, 1.82) is 0 Å². The summed E-state index contributed by atoms with van der Waals surface area (Å²) in [4.78, 5) is 15.3. The molecule has 3 rings (SSSR count). The predicted octanol–water partition coefficient (Wildman–Crippen LogP) is -0.354. The smallest absolute Gasteiger partial charge is 0.275 e. The largest absolute Gasteiger partial charge is 0.496 e. The number of carbonyl (C=O) groups is 1. The van der Waals surface area contributed by atoms with Crippen LogP contribution in [0.2, 0.25) is 0 Å². The van der Waals surface area contributed by atoms with Crippen molar-refractivity contribution in [3.05, 3.63) is 65.2 Å². The van der Waals surface area contributed by atoms with E-state index < -0.39 is 0 Å². The summed E-state index contributed by atoms with van der Waals surface area (Å²) >= 11 is 0. The van der Waals surface area contributed by atoms with Crippen LogP contribution in [0.25, 0.3) is 0 Å². The van der Waals surface area contributed by atoms with E-state index in [1.54, 1.807) is 12.0 Å². The summed E-state index contributed by atoms with van der Waals surface area (Å²) in [6.07, 6.45) is 0.791. The Balaban J connectivity index is 1.36. The van der Waals surface area contributed by atoms with Gasteiger partial charge in [0.1, 0.15) is 38.5 Å². The van der Waals surface area contributed by atoms with Gasteiger partial charge in [0.05, 0.1) is 7.11 Å². The number of aryl methyl sites for hydroxylation is 1. The number of hydrogen-bond donors (Lipinski definition) is 3. The third kappa shape index (κ3) is 5.81. The van der Waals surface area contributed by atoms with Gasteiger partial charge in [-0.25, -0.2) is 0 Å². The van der Waals surface area contributed by atoms with E-state index in [1.165, 1.54) is 16.0 Å². The molecule has 1 saturated heterocycles. The van der Waals surface area contributed by atoms with E-state index in [2.05, 4.69) is 36.5 Å². The van der Waals surface area contributed by atoms with E-state index >= 15 is 0 Å². The molecule has 3 N–H and O–H groups in total. The molecular formula is C23H33N3O2+2. The van der Waals surface area contributed by atoms with Crippen molar-refractivity contribution in [3.63, 3.8) is 0 Å². The van der Waals surface area contributed by atoms with Gasteiger partial charge in [0.25, 0.3) is 5.91 Å². The normalized spacial score (nSPS) is 19.2. The summed E-state index contributed by atoms with van der Waals surface area (Å²) in [5.74, 6) is 1.03. The van der Waals surface area contributed by atoms with E-state index in [0.29, 0.717) is 13.1 Å². The second-order valence-corrected chi connectivity index (χ2v) is 7.69. The van der Waals surface area contributed by atoms with Crippen molar-refractivity contribution in [2.45, 2.75) is 19.9 Å². The zero-order valence-electron chi connectivity index (χ0n) is 17.1. The van der Waals surface area contributed by atoms with Crippen LogP contribution in [0.15, 0.2) is 48.5 Å². The molecular weight excluding hydrogens is 350 g/mol. The number of rotatable bonds is 8. The Morgan fingerprint density at radius 3 is 2.32 bits per heavy atom. The van der Waals surface area contributed by atoms with E-state index in [4.69, 9.17) is 4.74 Å². The molecule has 2 aromatic carbocycles. The zero-order chi connectivity index (χ0) is 19.8. The van der Waals surface area contributed by atoms with Crippen molar-refractivity contribution in [2.24, 2.45) is 0 Å². The van der Waals surface area contributed by atoms with Crippen molar-refractivity contribution >= 4 is 5.91 Å². The van der Waals surface area contributed by atoms with Crippen LogP contribution in [0.5, 0.6) is 5.75 Å². The third-order valence-electron chi connectivity index (χ3n) is 5.69. The molecule has 1 aliphatic heterocycles. The fourth-order valence-corrected chi connectivity index (χ4v) is 3.92. The lowest BCUT2D eigenvalue weighted by molar-refractivity contribution is -1.02. The second kappa shape index (κ2) is 10.2. The van der Waals surface area contributed by atoms with Crippen LogP contribution in [-0.2, 0) is 17.8 Å². The Kier molecular flexibility index (Phi) is 7.46. The lowest BCUT2D eigenvalue weighted by Crippen LogP contribution is -3.28. The molecule has 1 amide bonds. The lowest BCUT2D eigenvalue weighted by Gasteiger charge is -2.29. The van der Waals surface area contributed by atoms with Gasteiger partial charge in [0.15, 0.2) is 6.54 Å². The molecule has 0 saturated carbocycles. The number of para-hydroxylation sites is 1. The first-order valence-electron chi connectivity index (χ1n) is 10.3. The highest BCUT2D eigenvalue weighted by Gasteiger charge is 2.25. The quantitative estimate of drug-likeness (QED) is 0.583. The molecule has 1 heterocycles. The van der Waals surface area contributed by atoms with E-state index in [0.717, 1.165) is 50.5 Å². The number of piperazine rings is 1. The van der Waals surface area contributed by atoms with Gasteiger partial charge in [-0.15, -0.1) is 0 Å². The van der Waals surface area contributed by atoms with Gasteiger partial charge in [-0.05, 0) is 30.5 Å². The summed E-state index contributed by atoms with van der Waals surface area (Å²) in [6, 6.07) is 16.6. The Morgan fingerprint density at radius 2 is 1.61 bits per heavy atom. The van der Waals surface area contributed by atoms with Crippen LogP contribution in [0.4, 0.5) is 0 Å². The number of methoxy groups -OCH3 is 1.